The Morgan fingerprint density at radius 3 is 2.57 bits per heavy atom. The Labute approximate surface area is 138 Å². The number of amides is 2. The van der Waals surface area contributed by atoms with Gasteiger partial charge in [-0.3, -0.25) is 0 Å². The Morgan fingerprint density at radius 2 is 1.78 bits per heavy atom. The quantitative estimate of drug-likeness (QED) is 0.849. The highest BCUT2D eigenvalue weighted by Crippen LogP contribution is 2.25. The van der Waals surface area contributed by atoms with E-state index < -0.39 is 0 Å². The summed E-state index contributed by atoms with van der Waals surface area (Å²) in [7, 11) is 0. The molecule has 2 aromatic carbocycles. The van der Waals surface area contributed by atoms with Crippen molar-refractivity contribution in [2.45, 2.75) is 46.1 Å². The van der Waals surface area contributed by atoms with Crippen LogP contribution in [0, 0.1) is 13.8 Å². The number of nitrogens with one attached hydrogen (secondary N) is 2. The predicted molar refractivity (Wildman–Crippen MR) is 95.0 cm³/mol. The van der Waals surface area contributed by atoms with Crippen LogP contribution in [0.2, 0.25) is 0 Å². The molecule has 3 heteroatoms. The van der Waals surface area contributed by atoms with E-state index in [0.717, 1.165) is 24.1 Å². The third kappa shape index (κ3) is 3.55. The lowest BCUT2D eigenvalue weighted by atomic mass is 10.0. The molecule has 2 amide bonds. The number of rotatable bonds is 3. The fourth-order valence-electron chi connectivity index (χ4n) is 3.13. The van der Waals surface area contributed by atoms with Gasteiger partial charge in [-0.05, 0) is 80.0 Å². The number of fused-ring (bicyclic) bond motifs is 1. The minimum atomic E-state index is -0.159. The number of aryl methyl sites for hydroxylation is 4. The van der Waals surface area contributed by atoms with Crippen molar-refractivity contribution in [1.29, 1.82) is 0 Å². The lowest BCUT2D eigenvalue weighted by Gasteiger charge is -2.16. The summed E-state index contributed by atoms with van der Waals surface area (Å²) in [5.41, 5.74) is 7.29. The summed E-state index contributed by atoms with van der Waals surface area (Å²) in [6, 6.07) is 12.3. The van der Waals surface area contributed by atoms with Gasteiger partial charge in [0.25, 0.3) is 0 Å². The minimum absolute atomic E-state index is 0.0243. The zero-order chi connectivity index (χ0) is 16.4. The van der Waals surface area contributed by atoms with Crippen LogP contribution in [0.15, 0.2) is 36.4 Å². The molecule has 1 aliphatic rings. The van der Waals surface area contributed by atoms with Crippen molar-refractivity contribution in [1.82, 2.24) is 5.32 Å². The zero-order valence-corrected chi connectivity index (χ0v) is 14.1. The Balaban J connectivity index is 1.63. The monoisotopic (exact) mass is 308 g/mol. The van der Waals surface area contributed by atoms with E-state index in [1.807, 2.05) is 13.0 Å². The third-order valence-corrected chi connectivity index (χ3v) is 4.73. The number of hydrogen-bond acceptors (Lipinski definition) is 1. The lowest BCUT2D eigenvalue weighted by Crippen LogP contribution is -2.31. The van der Waals surface area contributed by atoms with Crippen LogP contribution in [0.25, 0.3) is 0 Å². The van der Waals surface area contributed by atoms with Crippen molar-refractivity contribution < 1.29 is 4.79 Å². The largest absolute Gasteiger partial charge is 0.331 e. The van der Waals surface area contributed by atoms with E-state index >= 15 is 0 Å². The summed E-state index contributed by atoms with van der Waals surface area (Å²) >= 11 is 0. The molecule has 2 N–H and O–H groups in total. The fraction of sp³-hybridized carbons (Fsp3) is 0.350. The summed E-state index contributed by atoms with van der Waals surface area (Å²) in [6.07, 6.45) is 3.49. The maximum absolute atomic E-state index is 12.2. The summed E-state index contributed by atoms with van der Waals surface area (Å²) in [4.78, 5) is 12.2. The first-order valence-corrected chi connectivity index (χ1v) is 8.29. The molecular formula is C20H24N2O. The standard InChI is InChI=1S/C20H24N2O/c1-13-7-8-17(11-14(13)2)15(3)21-20(23)22-19-10-9-16-5-4-6-18(16)12-19/h7-12,15H,4-6H2,1-3H3,(H2,21,22,23). The molecule has 0 bridgehead atoms. The van der Waals surface area contributed by atoms with E-state index in [1.54, 1.807) is 0 Å². The van der Waals surface area contributed by atoms with Gasteiger partial charge in [0.15, 0.2) is 0 Å². The van der Waals surface area contributed by atoms with E-state index in [2.05, 4.69) is 54.8 Å². The van der Waals surface area contributed by atoms with Gasteiger partial charge in [-0.1, -0.05) is 24.3 Å². The van der Waals surface area contributed by atoms with Crippen LogP contribution in [0.1, 0.15) is 47.2 Å². The van der Waals surface area contributed by atoms with Crippen LogP contribution in [-0.2, 0) is 12.8 Å². The molecular weight excluding hydrogens is 284 g/mol. The molecule has 3 rings (SSSR count). The van der Waals surface area contributed by atoms with Gasteiger partial charge in [-0.25, -0.2) is 4.79 Å². The number of anilines is 1. The third-order valence-electron chi connectivity index (χ3n) is 4.73. The van der Waals surface area contributed by atoms with Crippen LogP contribution in [-0.4, -0.2) is 6.03 Å². The first kappa shape index (κ1) is 15.6. The van der Waals surface area contributed by atoms with Crippen LogP contribution >= 0.6 is 0 Å². The number of urea groups is 1. The van der Waals surface area contributed by atoms with E-state index in [0.29, 0.717) is 0 Å². The van der Waals surface area contributed by atoms with Crippen molar-refractivity contribution in [2.24, 2.45) is 0 Å². The normalized spacial score (nSPS) is 14.2. The first-order chi connectivity index (χ1) is 11.0. The van der Waals surface area contributed by atoms with Crippen molar-refractivity contribution in [3.05, 3.63) is 64.2 Å². The summed E-state index contributed by atoms with van der Waals surface area (Å²) in [5.74, 6) is 0. The van der Waals surface area contributed by atoms with Crippen molar-refractivity contribution in [2.75, 3.05) is 5.32 Å². The van der Waals surface area contributed by atoms with E-state index in [4.69, 9.17) is 0 Å². The highest BCUT2D eigenvalue weighted by Gasteiger charge is 2.13. The van der Waals surface area contributed by atoms with Gasteiger partial charge in [0.2, 0.25) is 0 Å². The molecule has 0 fully saturated rings. The highest BCUT2D eigenvalue weighted by molar-refractivity contribution is 5.89. The van der Waals surface area contributed by atoms with Crippen molar-refractivity contribution >= 4 is 11.7 Å². The zero-order valence-electron chi connectivity index (χ0n) is 14.1. The average Bonchev–Trinajstić information content (AvgIpc) is 2.97. The van der Waals surface area contributed by atoms with Crippen LogP contribution in [0.3, 0.4) is 0 Å². The van der Waals surface area contributed by atoms with Gasteiger partial charge < -0.3 is 10.6 Å². The molecule has 0 radical (unpaired) electrons. The predicted octanol–water partition coefficient (Wildman–Crippen LogP) is 4.67. The van der Waals surface area contributed by atoms with Crippen molar-refractivity contribution in [3.63, 3.8) is 0 Å². The molecule has 0 aromatic heterocycles. The number of carbonyl (C=O) groups excluding carboxylic acids is 1. The van der Waals surface area contributed by atoms with Crippen molar-refractivity contribution in [3.8, 4) is 0 Å². The molecule has 3 nitrogen and oxygen atoms in total. The van der Waals surface area contributed by atoms with Crippen LogP contribution in [0.4, 0.5) is 10.5 Å². The van der Waals surface area contributed by atoms with Crippen LogP contribution < -0.4 is 10.6 Å². The van der Waals surface area contributed by atoms with Gasteiger partial charge in [-0.2, -0.15) is 0 Å². The second-order valence-corrected chi connectivity index (χ2v) is 6.50. The Morgan fingerprint density at radius 1 is 1.00 bits per heavy atom. The molecule has 0 saturated carbocycles. The Kier molecular flexibility index (Phi) is 4.37. The molecule has 0 saturated heterocycles. The van der Waals surface area contributed by atoms with E-state index in [9.17, 15) is 4.79 Å². The minimum Gasteiger partial charge on any atom is -0.331 e. The van der Waals surface area contributed by atoms with E-state index in [1.165, 1.54) is 28.7 Å². The van der Waals surface area contributed by atoms with Gasteiger partial charge >= 0.3 is 6.03 Å². The Bertz CT molecular complexity index is 736. The molecule has 2 aromatic rings. The molecule has 1 unspecified atom stereocenters. The lowest BCUT2D eigenvalue weighted by molar-refractivity contribution is 0.249. The molecule has 0 aliphatic heterocycles. The molecule has 23 heavy (non-hydrogen) atoms. The summed E-state index contributed by atoms with van der Waals surface area (Å²) in [5, 5.41) is 5.96. The average molecular weight is 308 g/mol. The van der Waals surface area contributed by atoms with Gasteiger partial charge in [0.1, 0.15) is 0 Å². The highest BCUT2D eigenvalue weighted by atomic mass is 16.2. The molecule has 1 atom stereocenters. The number of carbonyl (C=O) groups is 1. The fourth-order valence-corrected chi connectivity index (χ4v) is 3.13. The summed E-state index contributed by atoms with van der Waals surface area (Å²) < 4.78 is 0. The molecule has 0 spiro atoms. The first-order valence-electron chi connectivity index (χ1n) is 8.29. The maximum atomic E-state index is 12.2. The maximum Gasteiger partial charge on any atom is 0.319 e. The van der Waals surface area contributed by atoms with E-state index in [-0.39, 0.29) is 12.1 Å². The number of hydrogen-bond donors (Lipinski definition) is 2. The Hall–Kier alpha value is -2.29. The summed E-state index contributed by atoms with van der Waals surface area (Å²) in [6.45, 7) is 6.19. The molecule has 0 heterocycles. The smallest absolute Gasteiger partial charge is 0.319 e. The SMILES string of the molecule is Cc1ccc(C(C)NC(=O)Nc2ccc3c(c2)CCC3)cc1C. The molecule has 1 aliphatic carbocycles. The topological polar surface area (TPSA) is 41.1 Å². The molecule has 120 valence electrons. The van der Waals surface area contributed by atoms with Crippen LogP contribution in [0.5, 0.6) is 0 Å². The second kappa shape index (κ2) is 6.45. The van der Waals surface area contributed by atoms with Gasteiger partial charge in [0.05, 0.1) is 6.04 Å². The second-order valence-electron chi connectivity index (χ2n) is 6.50. The van der Waals surface area contributed by atoms with Gasteiger partial charge in [0, 0.05) is 5.69 Å². The van der Waals surface area contributed by atoms with Gasteiger partial charge in [-0.15, -0.1) is 0 Å². The number of benzene rings is 2.